The van der Waals surface area contributed by atoms with Crippen molar-refractivity contribution in [3.05, 3.63) is 85.1 Å². The van der Waals surface area contributed by atoms with Gasteiger partial charge in [-0.15, -0.1) is 0 Å². The standard InChI is InChI=1S/C69H120O6/c1-4-7-10-13-16-19-22-25-27-29-31-33-34-36-37-39-41-44-47-50-53-56-59-62-68(71)74-65-66(64-73-67(70)61-58-55-52-49-46-43-24-21-18-15-12-9-6-3)75-69(72)63-60-57-54-51-48-45-42-40-38-35-32-30-28-26-23-20-17-14-11-8-5-2/h8,11-12,15,17,20-21,24,26,28-29,31-32,35,66H,4-7,9-10,13-14,16,18-19,22-23,25,27,30,33-34,36-65H2,1-3H3/b11-8-,15-12-,20-17-,24-21-,28-26-,31-29-,35-32-. The molecule has 1 atom stereocenters. The molecule has 1 unspecified atom stereocenters. The van der Waals surface area contributed by atoms with Crippen LogP contribution in [0.5, 0.6) is 0 Å². The molecule has 0 saturated carbocycles. The zero-order valence-corrected chi connectivity index (χ0v) is 49.6. The third-order valence-corrected chi connectivity index (χ3v) is 13.8. The Hall–Kier alpha value is -3.41. The van der Waals surface area contributed by atoms with Gasteiger partial charge in [-0.05, 0) is 109 Å². The molecule has 0 fully saturated rings. The second-order valence-electron chi connectivity index (χ2n) is 21.3. The maximum absolute atomic E-state index is 12.9. The molecule has 0 saturated heterocycles. The van der Waals surface area contributed by atoms with E-state index in [0.717, 1.165) is 122 Å². The first-order valence-electron chi connectivity index (χ1n) is 32.1. The molecule has 0 bridgehead atoms. The van der Waals surface area contributed by atoms with E-state index in [1.807, 2.05) is 0 Å². The molecule has 0 amide bonds. The van der Waals surface area contributed by atoms with E-state index in [1.54, 1.807) is 0 Å². The highest BCUT2D eigenvalue weighted by Gasteiger charge is 2.19. The summed E-state index contributed by atoms with van der Waals surface area (Å²) < 4.78 is 16.9. The van der Waals surface area contributed by atoms with Crippen molar-refractivity contribution >= 4 is 17.9 Å². The van der Waals surface area contributed by atoms with Crippen molar-refractivity contribution in [3.8, 4) is 0 Å². The Morgan fingerprint density at radius 1 is 0.280 bits per heavy atom. The molecule has 0 spiro atoms. The van der Waals surface area contributed by atoms with Crippen molar-refractivity contribution in [2.75, 3.05) is 13.2 Å². The third-order valence-electron chi connectivity index (χ3n) is 13.8. The van der Waals surface area contributed by atoms with Gasteiger partial charge in [0.1, 0.15) is 13.2 Å². The Balaban J connectivity index is 4.33. The molecule has 0 rings (SSSR count). The Kier molecular flexibility index (Phi) is 60.3. The maximum Gasteiger partial charge on any atom is 0.306 e. The first kappa shape index (κ1) is 71.6. The monoisotopic (exact) mass is 1040 g/mol. The second-order valence-corrected chi connectivity index (χ2v) is 21.3. The number of unbranched alkanes of at least 4 members (excludes halogenated alkanes) is 33. The van der Waals surface area contributed by atoms with Crippen molar-refractivity contribution in [2.24, 2.45) is 0 Å². The van der Waals surface area contributed by atoms with Gasteiger partial charge in [0.25, 0.3) is 0 Å². The molecular formula is C69H120O6. The average Bonchev–Trinajstić information content (AvgIpc) is 3.41. The van der Waals surface area contributed by atoms with Crippen LogP contribution >= 0.6 is 0 Å². The summed E-state index contributed by atoms with van der Waals surface area (Å²) in [6.07, 6.45) is 83.0. The molecule has 6 heteroatoms. The number of ether oxygens (including phenoxy) is 3. The van der Waals surface area contributed by atoms with Gasteiger partial charge in [0, 0.05) is 19.3 Å². The van der Waals surface area contributed by atoms with E-state index in [2.05, 4.69) is 106 Å². The van der Waals surface area contributed by atoms with Crippen LogP contribution in [0.2, 0.25) is 0 Å². The SMILES string of the molecule is CC/C=C\C/C=C\C/C=C\C/C=C\CCCCCCCCCCC(=O)OC(COC(=O)CCCCCCC/C=C\C/C=C\CCC)COC(=O)CCCCCCCCCCCCC/C=C\CCCCCCCCCC. The fourth-order valence-corrected chi connectivity index (χ4v) is 9.06. The van der Waals surface area contributed by atoms with Gasteiger partial charge in [-0.2, -0.15) is 0 Å². The number of hydrogen-bond acceptors (Lipinski definition) is 6. The highest BCUT2D eigenvalue weighted by atomic mass is 16.6. The summed E-state index contributed by atoms with van der Waals surface area (Å²) in [6, 6.07) is 0. The van der Waals surface area contributed by atoms with Crippen LogP contribution < -0.4 is 0 Å². The van der Waals surface area contributed by atoms with E-state index >= 15 is 0 Å². The highest BCUT2D eigenvalue weighted by Crippen LogP contribution is 2.16. The average molecular weight is 1050 g/mol. The molecule has 0 radical (unpaired) electrons. The lowest BCUT2D eigenvalue weighted by Gasteiger charge is -2.18. The van der Waals surface area contributed by atoms with Gasteiger partial charge in [-0.25, -0.2) is 0 Å². The molecule has 0 aliphatic heterocycles. The topological polar surface area (TPSA) is 78.9 Å². The Labute approximate surface area is 465 Å². The van der Waals surface area contributed by atoms with Gasteiger partial charge < -0.3 is 14.2 Å². The first-order chi connectivity index (χ1) is 37.0. The molecule has 0 heterocycles. The van der Waals surface area contributed by atoms with Crippen molar-refractivity contribution in [1.82, 2.24) is 0 Å². The number of rotatable bonds is 58. The van der Waals surface area contributed by atoms with Crippen LogP contribution in [0.1, 0.15) is 316 Å². The van der Waals surface area contributed by atoms with Crippen LogP contribution in [-0.2, 0) is 28.6 Å². The van der Waals surface area contributed by atoms with Crippen LogP contribution in [0.3, 0.4) is 0 Å². The molecule has 0 N–H and O–H groups in total. The predicted octanol–water partition coefficient (Wildman–Crippen LogP) is 21.9. The fraction of sp³-hybridized carbons (Fsp3) is 0.754. The minimum absolute atomic E-state index is 0.0837. The largest absolute Gasteiger partial charge is 0.462 e. The zero-order valence-electron chi connectivity index (χ0n) is 49.6. The normalized spacial score (nSPS) is 12.6. The highest BCUT2D eigenvalue weighted by molar-refractivity contribution is 5.71. The molecule has 6 nitrogen and oxygen atoms in total. The van der Waals surface area contributed by atoms with Crippen LogP contribution in [0.25, 0.3) is 0 Å². The number of carbonyl (C=O) groups is 3. The van der Waals surface area contributed by atoms with E-state index in [0.29, 0.717) is 19.3 Å². The first-order valence-corrected chi connectivity index (χ1v) is 32.1. The van der Waals surface area contributed by atoms with E-state index < -0.39 is 6.10 Å². The van der Waals surface area contributed by atoms with Gasteiger partial charge >= 0.3 is 17.9 Å². The molecule has 0 aliphatic carbocycles. The molecule has 0 aromatic rings. The maximum atomic E-state index is 12.9. The minimum atomic E-state index is -0.788. The van der Waals surface area contributed by atoms with Gasteiger partial charge in [-0.1, -0.05) is 273 Å². The van der Waals surface area contributed by atoms with Crippen LogP contribution in [-0.4, -0.2) is 37.2 Å². The summed E-state index contributed by atoms with van der Waals surface area (Å²) in [4.78, 5) is 38.3. The summed E-state index contributed by atoms with van der Waals surface area (Å²) >= 11 is 0. The molecule has 0 aromatic carbocycles. The summed E-state index contributed by atoms with van der Waals surface area (Å²) in [5.74, 6) is -0.896. The van der Waals surface area contributed by atoms with Gasteiger partial charge in [-0.3, -0.25) is 14.4 Å². The number of esters is 3. The lowest BCUT2D eigenvalue weighted by atomic mass is 10.0. The second kappa shape index (κ2) is 63.1. The smallest absolute Gasteiger partial charge is 0.306 e. The van der Waals surface area contributed by atoms with E-state index in [1.165, 1.54) is 154 Å². The van der Waals surface area contributed by atoms with E-state index in [4.69, 9.17) is 14.2 Å². The quantitative estimate of drug-likeness (QED) is 0.0261. The molecule has 75 heavy (non-hydrogen) atoms. The third kappa shape index (κ3) is 61.3. The van der Waals surface area contributed by atoms with E-state index in [9.17, 15) is 14.4 Å². The summed E-state index contributed by atoms with van der Waals surface area (Å²) in [5.41, 5.74) is 0. The Morgan fingerprint density at radius 3 is 0.880 bits per heavy atom. The van der Waals surface area contributed by atoms with E-state index in [-0.39, 0.29) is 31.1 Å². The minimum Gasteiger partial charge on any atom is -0.462 e. The number of carbonyl (C=O) groups excluding carboxylic acids is 3. The molecule has 0 aromatic heterocycles. The number of allylic oxidation sites excluding steroid dienone is 14. The van der Waals surface area contributed by atoms with Crippen molar-refractivity contribution in [2.45, 2.75) is 322 Å². The van der Waals surface area contributed by atoms with Crippen molar-refractivity contribution in [1.29, 1.82) is 0 Å². The Bertz CT molecular complexity index is 1430. The molecule has 432 valence electrons. The molecule has 0 aliphatic rings. The van der Waals surface area contributed by atoms with Crippen LogP contribution in [0.15, 0.2) is 85.1 Å². The van der Waals surface area contributed by atoms with Crippen molar-refractivity contribution < 1.29 is 28.6 Å². The van der Waals surface area contributed by atoms with Gasteiger partial charge in [0.2, 0.25) is 0 Å². The predicted molar refractivity (Wildman–Crippen MR) is 325 cm³/mol. The van der Waals surface area contributed by atoms with Crippen LogP contribution in [0, 0.1) is 0 Å². The Morgan fingerprint density at radius 2 is 0.547 bits per heavy atom. The van der Waals surface area contributed by atoms with Gasteiger partial charge in [0.15, 0.2) is 6.10 Å². The number of hydrogen-bond donors (Lipinski definition) is 0. The van der Waals surface area contributed by atoms with Crippen LogP contribution in [0.4, 0.5) is 0 Å². The fourth-order valence-electron chi connectivity index (χ4n) is 9.06. The lowest BCUT2D eigenvalue weighted by Crippen LogP contribution is -2.30. The molecular weight excluding hydrogens is 925 g/mol. The summed E-state index contributed by atoms with van der Waals surface area (Å²) in [5, 5.41) is 0. The summed E-state index contributed by atoms with van der Waals surface area (Å²) in [6.45, 7) is 6.48. The summed E-state index contributed by atoms with van der Waals surface area (Å²) in [7, 11) is 0. The van der Waals surface area contributed by atoms with Crippen molar-refractivity contribution in [3.63, 3.8) is 0 Å². The zero-order chi connectivity index (χ0) is 54.3. The lowest BCUT2D eigenvalue weighted by molar-refractivity contribution is -0.167. The van der Waals surface area contributed by atoms with Gasteiger partial charge in [0.05, 0.1) is 0 Å².